The van der Waals surface area contributed by atoms with E-state index in [0.29, 0.717) is 11.5 Å². The van der Waals surface area contributed by atoms with Gasteiger partial charge in [-0.1, -0.05) is 37.6 Å². The number of aromatic nitrogens is 2. The van der Waals surface area contributed by atoms with Crippen molar-refractivity contribution < 1.29 is 4.63 Å². The fraction of sp³-hybridized carbons (Fsp3) is 0.273. The number of benzene rings is 1. The van der Waals surface area contributed by atoms with Crippen molar-refractivity contribution in [2.24, 2.45) is 0 Å². The second-order valence-electron chi connectivity index (χ2n) is 3.44. The van der Waals surface area contributed by atoms with Crippen molar-refractivity contribution in [1.82, 2.24) is 10.3 Å². The van der Waals surface area contributed by atoms with Crippen LogP contribution in [0.5, 0.6) is 0 Å². The average Bonchev–Trinajstić information content (AvgIpc) is 2.66. The molecule has 1 aromatic heterocycles. The van der Waals surface area contributed by atoms with Crippen LogP contribution in [0.1, 0.15) is 18.9 Å². The van der Waals surface area contributed by atoms with Crippen LogP contribution in [-0.4, -0.2) is 10.3 Å². The van der Waals surface area contributed by atoms with Crippen LogP contribution in [0.4, 0.5) is 5.82 Å². The van der Waals surface area contributed by atoms with Crippen LogP contribution in [0, 0.1) is 0 Å². The highest BCUT2D eigenvalue weighted by molar-refractivity contribution is 5.68. The molecule has 1 heterocycles. The topological polar surface area (TPSA) is 64.9 Å². The van der Waals surface area contributed by atoms with Gasteiger partial charge < -0.3 is 5.73 Å². The zero-order valence-corrected chi connectivity index (χ0v) is 8.60. The first-order valence-electron chi connectivity index (χ1n) is 4.98. The Kier molecular flexibility index (Phi) is 2.67. The minimum Gasteiger partial charge on any atom is -0.379 e. The molecule has 4 heteroatoms. The van der Waals surface area contributed by atoms with Crippen LogP contribution in [0.3, 0.4) is 0 Å². The maximum atomic E-state index is 5.60. The molecule has 0 radical (unpaired) electrons. The molecule has 0 fully saturated rings. The van der Waals surface area contributed by atoms with E-state index in [1.807, 2.05) is 12.1 Å². The molecule has 2 aromatic rings. The number of aryl methyl sites for hydroxylation is 1. The second-order valence-corrected chi connectivity index (χ2v) is 3.44. The summed E-state index contributed by atoms with van der Waals surface area (Å²) in [5, 5.41) is 7.29. The first-order valence-corrected chi connectivity index (χ1v) is 4.98. The zero-order chi connectivity index (χ0) is 10.7. The molecule has 1 aromatic carbocycles. The number of hydrogen-bond acceptors (Lipinski definition) is 4. The summed E-state index contributed by atoms with van der Waals surface area (Å²) in [5.41, 5.74) is 8.47. The van der Waals surface area contributed by atoms with Crippen LogP contribution < -0.4 is 5.73 Å². The standard InChI is InChI=1S/C11H13N3O/c1-2-3-8-4-6-9(7-5-8)10-11(12)14-15-13-10/h4-7H,2-3H2,1H3,(H2,12,14). The van der Waals surface area contributed by atoms with Crippen molar-refractivity contribution in [3.8, 4) is 11.3 Å². The van der Waals surface area contributed by atoms with Crippen LogP contribution >= 0.6 is 0 Å². The molecule has 15 heavy (non-hydrogen) atoms. The van der Waals surface area contributed by atoms with E-state index in [-0.39, 0.29) is 0 Å². The quantitative estimate of drug-likeness (QED) is 0.831. The number of nitrogens with two attached hydrogens (primary N) is 1. The normalized spacial score (nSPS) is 10.5. The minimum absolute atomic E-state index is 0.332. The van der Waals surface area contributed by atoms with Gasteiger partial charge in [0.2, 0.25) is 0 Å². The summed E-state index contributed by atoms with van der Waals surface area (Å²) in [6.07, 6.45) is 2.24. The number of nitrogen functional groups attached to an aromatic ring is 1. The van der Waals surface area contributed by atoms with E-state index in [2.05, 4.69) is 34.0 Å². The van der Waals surface area contributed by atoms with Crippen molar-refractivity contribution in [2.45, 2.75) is 19.8 Å². The molecule has 0 unspecified atom stereocenters. The number of hydrogen-bond donors (Lipinski definition) is 1. The number of anilines is 1. The fourth-order valence-electron chi connectivity index (χ4n) is 1.51. The average molecular weight is 203 g/mol. The van der Waals surface area contributed by atoms with Crippen molar-refractivity contribution in [3.05, 3.63) is 29.8 Å². The Morgan fingerprint density at radius 1 is 1.20 bits per heavy atom. The van der Waals surface area contributed by atoms with Gasteiger partial charge in [-0.05, 0) is 22.3 Å². The van der Waals surface area contributed by atoms with Crippen molar-refractivity contribution in [3.63, 3.8) is 0 Å². The van der Waals surface area contributed by atoms with Crippen molar-refractivity contribution >= 4 is 5.82 Å². The van der Waals surface area contributed by atoms with Crippen LogP contribution in [-0.2, 0) is 6.42 Å². The Labute approximate surface area is 88.1 Å². The Morgan fingerprint density at radius 2 is 1.93 bits per heavy atom. The molecule has 0 aliphatic heterocycles. The molecule has 0 bridgehead atoms. The maximum Gasteiger partial charge on any atom is 0.196 e. The van der Waals surface area contributed by atoms with E-state index >= 15 is 0 Å². The van der Waals surface area contributed by atoms with Gasteiger partial charge in [0.15, 0.2) is 11.5 Å². The fourth-order valence-corrected chi connectivity index (χ4v) is 1.51. The third-order valence-electron chi connectivity index (χ3n) is 2.28. The molecule has 4 nitrogen and oxygen atoms in total. The summed E-state index contributed by atoms with van der Waals surface area (Å²) in [6.45, 7) is 2.16. The second kappa shape index (κ2) is 4.13. The smallest absolute Gasteiger partial charge is 0.196 e. The van der Waals surface area contributed by atoms with Crippen molar-refractivity contribution in [1.29, 1.82) is 0 Å². The Morgan fingerprint density at radius 3 is 2.47 bits per heavy atom. The van der Waals surface area contributed by atoms with Gasteiger partial charge in [0.05, 0.1) is 0 Å². The summed E-state index contributed by atoms with van der Waals surface area (Å²) in [6, 6.07) is 8.13. The van der Waals surface area contributed by atoms with Gasteiger partial charge >= 0.3 is 0 Å². The van der Waals surface area contributed by atoms with Gasteiger partial charge in [-0.25, -0.2) is 4.63 Å². The Balaban J connectivity index is 2.28. The highest BCUT2D eigenvalue weighted by atomic mass is 16.6. The monoisotopic (exact) mass is 203 g/mol. The van der Waals surface area contributed by atoms with Crippen molar-refractivity contribution in [2.75, 3.05) is 5.73 Å². The molecule has 2 N–H and O–H groups in total. The summed E-state index contributed by atoms with van der Waals surface area (Å²) in [4.78, 5) is 0. The summed E-state index contributed by atoms with van der Waals surface area (Å²) in [7, 11) is 0. The lowest BCUT2D eigenvalue weighted by molar-refractivity contribution is 0.310. The molecule has 0 amide bonds. The number of rotatable bonds is 3. The van der Waals surface area contributed by atoms with E-state index < -0.39 is 0 Å². The van der Waals surface area contributed by atoms with Gasteiger partial charge in [-0.3, -0.25) is 0 Å². The maximum absolute atomic E-state index is 5.60. The summed E-state index contributed by atoms with van der Waals surface area (Å²) in [5.74, 6) is 0.332. The lowest BCUT2D eigenvalue weighted by atomic mass is 10.1. The third-order valence-corrected chi connectivity index (χ3v) is 2.28. The molecule has 0 aliphatic carbocycles. The molecular formula is C11H13N3O. The lowest BCUT2D eigenvalue weighted by Gasteiger charge is -2.00. The first kappa shape index (κ1) is 9.71. The largest absolute Gasteiger partial charge is 0.379 e. The predicted molar refractivity (Wildman–Crippen MR) is 58.1 cm³/mol. The molecular weight excluding hydrogens is 190 g/mol. The van der Waals surface area contributed by atoms with Gasteiger partial charge in [0, 0.05) is 5.56 Å². The molecule has 78 valence electrons. The van der Waals surface area contributed by atoms with Gasteiger partial charge in [-0.2, -0.15) is 0 Å². The first-order chi connectivity index (χ1) is 7.31. The molecule has 0 spiro atoms. The van der Waals surface area contributed by atoms with Crippen LogP contribution in [0.25, 0.3) is 11.3 Å². The van der Waals surface area contributed by atoms with E-state index in [1.165, 1.54) is 5.56 Å². The molecule has 0 aliphatic rings. The third kappa shape index (κ3) is 1.98. The Hall–Kier alpha value is -1.84. The minimum atomic E-state index is 0.332. The van der Waals surface area contributed by atoms with Gasteiger partial charge in [0.25, 0.3) is 0 Å². The Bertz CT molecular complexity index is 433. The van der Waals surface area contributed by atoms with E-state index in [0.717, 1.165) is 18.4 Å². The van der Waals surface area contributed by atoms with E-state index in [9.17, 15) is 0 Å². The van der Waals surface area contributed by atoms with Gasteiger partial charge in [-0.15, -0.1) is 0 Å². The van der Waals surface area contributed by atoms with Crippen LogP contribution in [0.15, 0.2) is 28.9 Å². The molecule has 2 rings (SSSR count). The highest BCUT2D eigenvalue weighted by Crippen LogP contribution is 2.22. The highest BCUT2D eigenvalue weighted by Gasteiger charge is 2.08. The SMILES string of the molecule is CCCc1ccc(-c2nonc2N)cc1. The number of nitrogens with zero attached hydrogens (tertiary/aromatic N) is 2. The zero-order valence-electron chi connectivity index (χ0n) is 8.60. The van der Waals surface area contributed by atoms with Gasteiger partial charge in [0.1, 0.15) is 0 Å². The van der Waals surface area contributed by atoms with E-state index in [4.69, 9.17) is 5.73 Å². The molecule has 0 saturated carbocycles. The predicted octanol–water partition coefficient (Wildman–Crippen LogP) is 2.27. The summed E-state index contributed by atoms with van der Waals surface area (Å²) >= 11 is 0. The van der Waals surface area contributed by atoms with E-state index in [1.54, 1.807) is 0 Å². The molecule has 0 atom stereocenters. The lowest BCUT2D eigenvalue weighted by Crippen LogP contribution is -1.89. The van der Waals surface area contributed by atoms with Crippen LogP contribution in [0.2, 0.25) is 0 Å². The molecule has 0 saturated heterocycles. The summed E-state index contributed by atoms with van der Waals surface area (Å²) < 4.78 is 4.55.